The van der Waals surface area contributed by atoms with Gasteiger partial charge in [0.05, 0.1) is 11.2 Å². The summed E-state index contributed by atoms with van der Waals surface area (Å²) >= 11 is 5.80. The molecule has 2 rings (SSSR count). The van der Waals surface area contributed by atoms with Crippen molar-refractivity contribution < 1.29 is 18.3 Å². The first kappa shape index (κ1) is 13.3. The van der Waals surface area contributed by atoms with E-state index in [0.29, 0.717) is 12.8 Å². The highest BCUT2D eigenvalue weighted by Crippen LogP contribution is 2.29. The van der Waals surface area contributed by atoms with Crippen molar-refractivity contribution in [3.63, 3.8) is 0 Å². The van der Waals surface area contributed by atoms with E-state index in [-0.39, 0.29) is 16.6 Å². The Morgan fingerprint density at radius 1 is 1.61 bits per heavy atom. The first-order valence-electron chi connectivity index (χ1n) is 5.28. The van der Waals surface area contributed by atoms with Crippen molar-refractivity contribution in [2.24, 2.45) is 7.05 Å². The number of aliphatic carboxylic acids is 1. The Hall–Kier alpha value is -1.12. The van der Waals surface area contributed by atoms with Gasteiger partial charge >= 0.3 is 5.97 Å². The molecule has 0 aromatic carbocycles. The molecule has 1 atom stereocenters. The Kier molecular flexibility index (Phi) is 3.35. The molecule has 0 aliphatic carbocycles. The lowest BCUT2D eigenvalue weighted by Crippen LogP contribution is -2.41. The maximum atomic E-state index is 12.4. The van der Waals surface area contributed by atoms with Crippen LogP contribution in [0, 0.1) is 0 Å². The summed E-state index contributed by atoms with van der Waals surface area (Å²) in [7, 11) is -2.48. The van der Waals surface area contributed by atoms with Crippen LogP contribution in [0.3, 0.4) is 0 Å². The lowest BCUT2D eigenvalue weighted by Gasteiger charge is -2.20. The monoisotopic (exact) mass is 293 g/mol. The van der Waals surface area contributed by atoms with Gasteiger partial charge in [0.25, 0.3) is 10.0 Å². The van der Waals surface area contributed by atoms with Crippen molar-refractivity contribution in [1.29, 1.82) is 0 Å². The van der Waals surface area contributed by atoms with Gasteiger partial charge in [0, 0.05) is 13.6 Å². The largest absolute Gasteiger partial charge is 0.480 e. The molecule has 18 heavy (non-hydrogen) atoms. The van der Waals surface area contributed by atoms with Crippen LogP contribution in [0.2, 0.25) is 5.02 Å². The molecule has 1 N–H and O–H groups in total. The molecule has 7 nitrogen and oxygen atoms in total. The zero-order chi connectivity index (χ0) is 13.5. The molecule has 0 radical (unpaired) electrons. The molecule has 0 amide bonds. The Bertz CT molecular complexity index is 563. The van der Waals surface area contributed by atoms with Crippen LogP contribution in [0.5, 0.6) is 0 Å². The predicted molar refractivity (Wildman–Crippen MR) is 62.8 cm³/mol. The molecular formula is C9H12ClN3O4S. The normalized spacial score (nSPS) is 21.3. The minimum Gasteiger partial charge on any atom is -0.480 e. The molecular weight excluding hydrogens is 282 g/mol. The molecule has 2 heterocycles. The van der Waals surface area contributed by atoms with E-state index < -0.39 is 22.0 Å². The number of carboxylic acid groups (broad SMARTS) is 1. The van der Waals surface area contributed by atoms with Gasteiger partial charge in [-0.1, -0.05) is 11.6 Å². The fraction of sp³-hybridized carbons (Fsp3) is 0.556. The van der Waals surface area contributed by atoms with E-state index in [1.165, 1.54) is 13.2 Å². The molecule has 100 valence electrons. The number of carbonyl (C=O) groups is 1. The minimum atomic E-state index is -3.93. The molecule has 9 heteroatoms. The summed E-state index contributed by atoms with van der Waals surface area (Å²) < 4.78 is 26.8. The SMILES string of the molecule is Cn1ncc(Cl)c1S(=O)(=O)N1CCC[C@@H]1C(=O)O. The summed E-state index contributed by atoms with van der Waals surface area (Å²) in [6, 6.07) is -1.03. The zero-order valence-corrected chi connectivity index (χ0v) is 11.1. The summed E-state index contributed by atoms with van der Waals surface area (Å²) in [5.74, 6) is -1.14. The van der Waals surface area contributed by atoms with E-state index in [1.54, 1.807) is 0 Å². The number of hydrogen-bond donors (Lipinski definition) is 1. The van der Waals surface area contributed by atoms with Crippen LogP contribution in [0.4, 0.5) is 0 Å². The number of rotatable bonds is 3. The summed E-state index contributed by atoms with van der Waals surface area (Å²) in [6.45, 7) is 0.181. The van der Waals surface area contributed by atoms with Gasteiger partial charge in [-0.05, 0) is 12.8 Å². The minimum absolute atomic E-state index is 0.00598. The Morgan fingerprint density at radius 3 is 2.78 bits per heavy atom. The van der Waals surface area contributed by atoms with Crippen LogP contribution in [-0.4, -0.2) is 46.2 Å². The van der Waals surface area contributed by atoms with Gasteiger partial charge in [0.1, 0.15) is 6.04 Å². The van der Waals surface area contributed by atoms with Crippen LogP contribution in [0.15, 0.2) is 11.2 Å². The molecule has 1 fully saturated rings. The van der Waals surface area contributed by atoms with Gasteiger partial charge in [0.15, 0.2) is 5.03 Å². The molecule has 1 aliphatic heterocycles. The number of hydrogen-bond acceptors (Lipinski definition) is 4. The van der Waals surface area contributed by atoms with Gasteiger partial charge in [-0.2, -0.15) is 9.40 Å². The standard InChI is InChI=1S/C9H12ClN3O4S/c1-12-8(6(10)5-11-12)18(16,17)13-4-2-3-7(13)9(14)15/h5,7H,2-4H2,1H3,(H,14,15)/t7-/m1/s1. The average molecular weight is 294 g/mol. The van der Waals surface area contributed by atoms with Gasteiger partial charge in [-0.15, -0.1) is 0 Å². The van der Waals surface area contributed by atoms with Crippen molar-refractivity contribution in [2.45, 2.75) is 23.9 Å². The fourth-order valence-corrected chi connectivity index (χ4v) is 4.34. The number of halogens is 1. The molecule has 0 bridgehead atoms. The third kappa shape index (κ3) is 2.00. The highest BCUT2D eigenvalue weighted by Gasteiger charge is 2.41. The molecule has 0 spiro atoms. The van der Waals surface area contributed by atoms with Crippen LogP contribution in [0.1, 0.15) is 12.8 Å². The first-order chi connectivity index (χ1) is 8.35. The number of sulfonamides is 1. The van der Waals surface area contributed by atoms with E-state index >= 15 is 0 Å². The van der Waals surface area contributed by atoms with Crippen LogP contribution in [0.25, 0.3) is 0 Å². The van der Waals surface area contributed by atoms with Crippen LogP contribution < -0.4 is 0 Å². The third-order valence-corrected chi connectivity index (χ3v) is 5.30. The van der Waals surface area contributed by atoms with Crippen molar-refractivity contribution in [2.75, 3.05) is 6.54 Å². The third-order valence-electron chi connectivity index (χ3n) is 2.88. The Labute approximate surface area is 109 Å². The van der Waals surface area contributed by atoms with Gasteiger partial charge in [-0.3, -0.25) is 9.48 Å². The van der Waals surface area contributed by atoms with E-state index in [0.717, 1.165) is 8.99 Å². The highest BCUT2D eigenvalue weighted by molar-refractivity contribution is 7.89. The Morgan fingerprint density at radius 2 is 2.28 bits per heavy atom. The van der Waals surface area contributed by atoms with Crippen molar-refractivity contribution >= 4 is 27.6 Å². The van der Waals surface area contributed by atoms with Crippen LogP contribution in [-0.2, 0) is 21.9 Å². The van der Waals surface area contributed by atoms with Gasteiger partial charge < -0.3 is 5.11 Å². The van der Waals surface area contributed by atoms with E-state index in [9.17, 15) is 13.2 Å². The number of carboxylic acids is 1. The van der Waals surface area contributed by atoms with Crippen molar-refractivity contribution in [3.05, 3.63) is 11.2 Å². The van der Waals surface area contributed by atoms with Crippen molar-refractivity contribution in [1.82, 2.24) is 14.1 Å². The second kappa shape index (κ2) is 4.52. The van der Waals surface area contributed by atoms with Gasteiger partial charge in [0.2, 0.25) is 0 Å². The molecule has 1 saturated heterocycles. The maximum absolute atomic E-state index is 12.4. The zero-order valence-electron chi connectivity index (χ0n) is 9.58. The van der Waals surface area contributed by atoms with Gasteiger partial charge in [-0.25, -0.2) is 8.42 Å². The average Bonchev–Trinajstić information content (AvgIpc) is 2.85. The highest BCUT2D eigenvalue weighted by atomic mass is 35.5. The Balaban J connectivity index is 2.46. The second-order valence-corrected chi connectivity index (χ2v) is 6.25. The van der Waals surface area contributed by atoms with Crippen LogP contribution >= 0.6 is 11.6 Å². The summed E-state index contributed by atoms with van der Waals surface area (Å²) in [5.41, 5.74) is 0. The predicted octanol–water partition coefficient (Wildman–Crippen LogP) is 0.311. The molecule has 0 saturated carbocycles. The fourth-order valence-electron chi connectivity index (χ4n) is 2.08. The first-order valence-corrected chi connectivity index (χ1v) is 7.09. The molecule has 1 aliphatic rings. The van der Waals surface area contributed by atoms with E-state index in [4.69, 9.17) is 16.7 Å². The lowest BCUT2D eigenvalue weighted by atomic mass is 10.2. The van der Waals surface area contributed by atoms with E-state index in [1.807, 2.05) is 0 Å². The number of nitrogens with zero attached hydrogens (tertiary/aromatic N) is 3. The topological polar surface area (TPSA) is 92.5 Å². The summed E-state index contributed by atoms with van der Waals surface area (Å²) in [4.78, 5) is 11.0. The smallest absolute Gasteiger partial charge is 0.322 e. The summed E-state index contributed by atoms with van der Waals surface area (Å²) in [5, 5.41) is 12.6. The molecule has 0 unspecified atom stereocenters. The quantitative estimate of drug-likeness (QED) is 0.866. The maximum Gasteiger partial charge on any atom is 0.322 e. The van der Waals surface area contributed by atoms with E-state index in [2.05, 4.69) is 5.10 Å². The second-order valence-electron chi connectivity index (χ2n) is 4.03. The molecule has 1 aromatic rings. The lowest BCUT2D eigenvalue weighted by molar-refractivity contribution is -0.140. The molecule has 1 aromatic heterocycles. The number of aryl methyl sites for hydroxylation is 1. The van der Waals surface area contributed by atoms with Crippen molar-refractivity contribution in [3.8, 4) is 0 Å². The number of aromatic nitrogens is 2. The summed E-state index contributed by atoms with van der Waals surface area (Å²) in [6.07, 6.45) is 2.05.